The Morgan fingerprint density at radius 2 is 1.85 bits per heavy atom. The van der Waals surface area contributed by atoms with Gasteiger partial charge < -0.3 is 10.6 Å². The van der Waals surface area contributed by atoms with Crippen molar-refractivity contribution in [3.63, 3.8) is 0 Å². The van der Waals surface area contributed by atoms with E-state index in [0.717, 1.165) is 5.69 Å². The summed E-state index contributed by atoms with van der Waals surface area (Å²) in [7, 11) is 0. The van der Waals surface area contributed by atoms with Gasteiger partial charge >= 0.3 is 6.03 Å². The normalized spacial score (nSPS) is 13.5. The smallest absolute Gasteiger partial charge is 0.321 e. The lowest BCUT2D eigenvalue weighted by atomic mass is 10.2. The summed E-state index contributed by atoms with van der Waals surface area (Å²) in [5.41, 5.74) is 1.89. The zero-order valence-electron chi connectivity index (χ0n) is 14.2. The minimum atomic E-state index is -0.312. The zero-order valence-corrected chi connectivity index (χ0v) is 15.1. The number of hydrogen-bond acceptors (Lipinski definition) is 3. The first-order valence-corrected chi connectivity index (χ1v) is 9.25. The van der Waals surface area contributed by atoms with Gasteiger partial charge in [-0.3, -0.25) is 9.69 Å². The molecule has 3 amide bonds. The molecule has 1 saturated heterocycles. The SMILES string of the molecule is O=C(Nc1ccc(N2CCNC2=O)cc1)c1ccc(-c2ccccc2F)s1. The van der Waals surface area contributed by atoms with E-state index in [9.17, 15) is 14.0 Å². The highest BCUT2D eigenvalue weighted by Gasteiger charge is 2.21. The Bertz CT molecular complexity index is 1000. The van der Waals surface area contributed by atoms with Gasteiger partial charge in [0.1, 0.15) is 5.82 Å². The van der Waals surface area contributed by atoms with Crippen LogP contribution in [0.3, 0.4) is 0 Å². The van der Waals surface area contributed by atoms with E-state index in [1.165, 1.54) is 17.4 Å². The van der Waals surface area contributed by atoms with Crippen LogP contribution in [-0.2, 0) is 0 Å². The molecule has 1 fully saturated rings. The summed E-state index contributed by atoms with van der Waals surface area (Å²) in [6, 6.07) is 16.9. The number of thiophene rings is 1. The second-order valence-electron chi connectivity index (χ2n) is 6.03. The monoisotopic (exact) mass is 381 g/mol. The van der Waals surface area contributed by atoms with E-state index in [4.69, 9.17) is 0 Å². The van der Waals surface area contributed by atoms with Crippen molar-refractivity contribution in [2.75, 3.05) is 23.3 Å². The fourth-order valence-electron chi connectivity index (χ4n) is 2.90. The Morgan fingerprint density at radius 1 is 1.07 bits per heavy atom. The van der Waals surface area contributed by atoms with Gasteiger partial charge in [0.05, 0.1) is 4.88 Å². The van der Waals surface area contributed by atoms with Crippen molar-refractivity contribution in [3.05, 3.63) is 71.4 Å². The Labute approximate surface area is 159 Å². The predicted octanol–water partition coefficient (Wildman–Crippen LogP) is 4.34. The molecule has 2 aromatic carbocycles. The zero-order chi connectivity index (χ0) is 18.8. The minimum Gasteiger partial charge on any atom is -0.336 e. The molecule has 0 atom stereocenters. The average Bonchev–Trinajstić information content (AvgIpc) is 3.32. The molecule has 0 spiro atoms. The van der Waals surface area contributed by atoms with Gasteiger partial charge in [-0.2, -0.15) is 0 Å². The molecule has 136 valence electrons. The minimum absolute atomic E-state index is 0.119. The van der Waals surface area contributed by atoms with Gasteiger partial charge in [-0.1, -0.05) is 18.2 Å². The van der Waals surface area contributed by atoms with Crippen LogP contribution in [0.5, 0.6) is 0 Å². The van der Waals surface area contributed by atoms with Crippen LogP contribution in [0.1, 0.15) is 9.67 Å². The largest absolute Gasteiger partial charge is 0.336 e. The van der Waals surface area contributed by atoms with Crippen molar-refractivity contribution in [1.29, 1.82) is 0 Å². The van der Waals surface area contributed by atoms with Gasteiger partial charge in [0.15, 0.2) is 0 Å². The second kappa shape index (κ2) is 7.20. The molecular formula is C20H16FN3O2S. The number of hydrogen-bond donors (Lipinski definition) is 2. The fourth-order valence-corrected chi connectivity index (χ4v) is 3.83. The number of urea groups is 1. The summed E-state index contributed by atoms with van der Waals surface area (Å²) in [5, 5.41) is 5.57. The van der Waals surface area contributed by atoms with E-state index in [2.05, 4.69) is 10.6 Å². The van der Waals surface area contributed by atoms with Crippen molar-refractivity contribution in [2.45, 2.75) is 0 Å². The molecule has 1 aromatic heterocycles. The summed E-state index contributed by atoms with van der Waals surface area (Å²) in [5.74, 6) is -0.567. The molecule has 0 saturated carbocycles. The van der Waals surface area contributed by atoms with Gasteiger partial charge in [-0.05, 0) is 42.5 Å². The summed E-state index contributed by atoms with van der Waals surface area (Å²) in [6.45, 7) is 1.25. The summed E-state index contributed by atoms with van der Waals surface area (Å²) in [4.78, 5) is 27.0. The quantitative estimate of drug-likeness (QED) is 0.706. The second-order valence-corrected chi connectivity index (χ2v) is 7.11. The Kier molecular flexibility index (Phi) is 4.60. The van der Waals surface area contributed by atoms with Crippen LogP contribution in [0, 0.1) is 5.82 Å². The van der Waals surface area contributed by atoms with E-state index in [-0.39, 0.29) is 17.8 Å². The van der Waals surface area contributed by atoms with Crippen LogP contribution in [0.15, 0.2) is 60.7 Å². The van der Waals surface area contributed by atoms with Gasteiger partial charge in [0, 0.05) is 34.9 Å². The molecule has 0 radical (unpaired) electrons. The number of halogens is 1. The maximum absolute atomic E-state index is 13.9. The maximum atomic E-state index is 13.9. The molecule has 27 heavy (non-hydrogen) atoms. The number of benzene rings is 2. The first-order valence-electron chi connectivity index (χ1n) is 8.43. The fraction of sp³-hybridized carbons (Fsp3) is 0.100. The van der Waals surface area contributed by atoms with Crippen LogP contribution in [0.25, 0.3) is 10.4 Å². The molecule has 5 nitrogen and oxygen atoms in total. The third-order valence-electron chi connectivity index (χ3n) is 4.26. The van der Waals surface area contributed by atoms with Crippen LogP contribution in [0.2, 0.25) is 0 Å². The van der Waals surface area contributed by atoms with Gasteiger partial charge in [0.25, 0.3) is 5.91 Å². The first kappa shape index (κ1) is 17.2. The molecule has 0 aliphatic carbocycles. The van der Waals surface area contributed by atoms with Crippen LogP contribution >= 0.6 is 11.3 Å². The third kappa shape index (κ3) is 3.54. The van der Waals surface area contributed by atoms with Crippen molar-refractivity contribution in [3.8, 4) is 10.4 Å². The number of anilines is 2. The number of amides is 3. The number of carbonyl (C=O) groups is 2. The van der Waals surface area contributed by atoms with E-state index in [1.54, 1.807) is 59.5 Å². The molecule has 1 aliphatic heterocycles. The van der Waals surface area contributed by atoms with E-state index in [0.29, 0.717) is 34.1 Å². The van der Waals surface area contributed by atoms with E-state index in [1.807, 2.05) is 0 Å². The number of nitrogens with zero attached hydrogens (tertiary/aromatic N) is 1. The highest BCUT2D eigenvalue weighted by Crippen LogP contribution is 2.30. The molecule has 7 heteroatoms. The van der Waals surface area contributed by atoms with Crippen LogP contribution < -0.4 is 15.5 Å². The molecule has 0 unspecified atom stereocenters. The van der Waals surface area contributed by atoms with Gasteiger partial charge in [-0.25, -0.2) is 9.18 Å². The highest BCUT2D eigenvalue weighted by molar-refractivity contribution is 7.17. The number of nitrogens with one attached hydrogen (secondary N) is 2. The average molecular weight is 381 g/mol. The lowest BCUT2D eigenvalue weighted by Gasteiger charge is -2.14. The first-order chi connectivity index (χ1) is 13.1. The summed E-state index contributed by atoms with van der Waals surface area (Å²) < 4.78 is 13.9. The van der Waals surface area contributed by atoms with E-state index < -0.39 is 0 Å². The lowest BCUT2D eigenvalue weighted by molar-refractivity contribution is 0.103. The summed E-state index contributed by atoms with van der Waals surface area (Å²) >= 11 is 1.24. The van der Waals surface area contributed by atoms with Crippen molar-refractivity contribution < 1.29 is 14.0 Å². The topological polar surface area (TPSA) is 61.4 Å². The van der Waals surface area contributed by atoms with Crippen molar-refractivity contribution in [2.24, 2.45) is 0 Å². The molecule has 3 aromatic rings. The van der Waals surface area contributed by atoms with Crippen molar-refractivity contribution in [1.82, 2.24) is 5.32 Å². The number of carbonyl (C=O) groups excluding carboxylic acids is 2. The molecular weight excluding hydrogens is 365 g/mol. The maximum Gasteiger partial charge on any atom is 0.321 e. The lowest BCUT2D eigenvalue weighted by Crippen LogP contribution is -2.27. The van der Waals surface area contributed by atoms with Crippen LogP contribution in [-0.4, -0.2) is 25.0 Å². The van der Waals surface area contributed by atoms with Gasteiger partial charge in [-0.15, -0.1) is 11.3 Å². The molecule has 4 rings (SSSR count). The molecule has 0 bridgehead atoms. The molecule has 2 heterocycles. The Hall–Kier alpha value is -3.19. The Morgan fingerprint density at radius 3 is 2.56 bits per heavy atom. The molecule has 2 N–H and O–H groups in total. The third-order valence-corrected chi connectivity index (χ3v) is 5.38. The standard InChI is InChI=1S/C20H16FN3O2S/c21-16-4-2-1-3-15(16)17-9-10-18(27-17)19(25)23-13-5-7-14(8-6-13)24-12-11-22-20(24)26/h1-10H,11-12H2,(H,22,26)(H,23,25). The highest BCUT2D eigenvalue weighted by atomic mass is 32.1. The molecule has 1 aliphatic rings. The van der Waals surface area contributed by atoms with Crippen molar-refractivity contribution >= 4 is 34.6 Å². The number of rotatable bonds is 4. The predicted molar refractivity (Wildman–Crippen MR) is 105 cm³/mol. The van der Waals surface area contributed by atoms with E-state index >= 15 is 0 Å². The van der Waals surface area contributed by atoms with Crippen LogP contribution in [0.4, 0.5) is 20.6 Å². The summed E-state index contributed by atoms with van der Waals surface area (Å²) in [6.07, 6.45) is 0. The Balaban J connectivity index is 1.47. The van der Waals surface area contributed by atoms with Gasteiger partial charge in [0.2, 0.25) is 0 Å².